The van der Waals surface area contributed by atoms with E-state index in [0.717, 1.165) is 21.9 Å². The van der Waals surface area contributed by atoms with E-state index in [-0.39, 0.29) is 4.83 Å². The molecule has 0 radical (unpaired) electrons. The van der Waals surface area contributed by atoms with Crippen molar-refractivity contribution in [3.05, 3.63) is 63.2 Å². The quantitative estimate of drug-likeness (QED) is 0.638. The fourth-order valence-corrected chi connectivity index (χ4v) is 3.45. The summed E-state index contributed by atoms with van der Waals surface area (Å²) in [6, 6.07) is 10.3. The smallest absolute Gasteiger partial charge is 0.124 e. The molecule has 0 aliphatic carbocycles. The highest BCUT2D eigenvalue weighted by molar-refractivity contribution is 9.09. The van der Waals surface area contributed by atoms with Crippen LogP contribution in [0.1, 0.15) is 32.6 Å². The molecular weight excluding hydrogens is 336 g/mol. The van der Waals surface area contributed by atoms with Crippen LogP contribution in [0.4, 0.5) is 0 Å². The van der Waals surface area contributed by atoms with Crippen molar-refractivity contribution in [3.63, 3.8) is 0 Å². The maximum absolute atomic E-state index is 6.12. The second kappa shape index (κ2) is 6.19. The van der Waals surface area contributed by atoms with Crippen LogP contribution in [-0.2, 0) is 0 Å². The number of methoxy groups -OCH3 is 1. The first-order valence-corrected chi connectivity index (χ1v) is 7.78. The number of hydrogen-bond acceptors (Lipinski definition) is 1. The van der Waals surface area contributed by atoms with E-state index in [0.29, 0.717) is 0 Å². The van der Waals surface area contributed by atoms with Crippen molar-refractivity contribution < 1.29 is 4.74 Å². The number of ether oxygens (including phenoxy) is 1. The predicted octanol–water partition coefficient (Wildman–Crippen LogP) is 5.76. The standard InChI is InChI=1S/C17H18BrClO/c1-10-5-6-14(19)9-15(10)16(18)13-7-11(2)17(20-4)12(3)8-13/h5-9,16H,1-4H3. The zero-order valence-corrected chi connectivity index (χ0v) is 14.5. The van der Waals surface area contributed by atoms with Crippen LogP contribution in [0.5, 0.6) is 5.75 Å². The monoisotopic (exact) mass is 352 g/mol. The molecule has 0 heterocycles. The Balaban J connectivity index is 2.48. The summed E-state index contributed by atoms with van der Waals surface area (Å²) in [6.45, 7) is 6.24. The lowest BCUT2D eigenvalue weighted by molar-refractivity contribution is 0.408. The predicted molar refractivity (Wildman–Crippen MR) is 89.4 cm³/mol. The molecule has 106 valence electrons. The molecule has 0 fully saturated rings. The first-order valence-electron chi connectivity index (χ1n) is 6.49. The maximum Gasteiger partial charge on any atom is 0.124 e. The Morgan fingerprint density at radius 3 is 2.15 bits per heavy atom. The molecule has 0 amide bonds. The molecule has 0 aromatic heterocycles. The van der Waals surface area contributed by atoms with Crippen molar-refractivity contribution >= 4 is 27.5 Å². The van der Waals surface area contributed by atoms with Crippen LogP contribution >= 0.6 is 27.5 Å². The lowest BCUT2D eigenvalue weighted by Gasteiger charge is -2.17. The molecule has 2 aromatic carbocycles. The highest BCUT2D eigenvalue weighted by Gasteiger charge is 2.16. The van der Waals surface area contributed by atoms with Crippen molar-refractivity contribution in [1.82, 2.24) is 0 Å². The largest absolute Gasteiger partial charge is 0.496 e. The molecule has 0 saturated heterocycles. The summed E-state index contributed by atoms with van der Waals surface area (Å²) in [4.78, 5) is 0.129. The second-order valence-electron chi connectivity index (χ2n) is 5.05. The molecule has 1 atom stereocenters. The van der Waals surface area contributed by atoms with Crippen LogP contribution < -0.4 is 4.74 Å². The van der Waals surface area contributed by atoms with Gasteiger partial charge in [0.15, 0.2) is 0 Å². The van der Waals surface area contributed by atoms with E-state index < -0.39 is 0 Å². The molecule has 20 heavy (non-hydrogen) atoms. The van der Waals surface area contributed by atoms with Gasteiger partial charge in [0.1, 0.15) is 5.75 Å². The van der Waals surface area contributed by atoms with Crippen LogP contribution in [0, 0.1) is 20.8 Å². The summed E-state index contributed by atoms with van der Waals surface area (Å²) in [5, 5.41) is 0.761. The van der Waals surface area contributed by atoms with E-state index in [4.69, 9.17) is 16.3 Å². The minimum atomic E-state index is 0.129. The van der Waals surface area contributed by atoms with E-state index in [9.17, 15) is 0 Å². The van der Waals surface area contributed by atoms with Gasteiger partial charge in [-0.3, -0.25) is 0 Å². The van der Waals surface area contributed by atoms with Gasteiger partial charge in [-0.2, -0.15) is 0 Å². The summed E-state index contributed by atoms with van der Waals surface area (Å²) >= 11 is 9.91. The van der Waals surface area contributed by atoms with Gasteiger partial charge in [0.2, 0.25) is 0 Å². The van der Waals surface area contributed by atoms with Crippen LogP contribution in [-0.4, -0.2) is 7.11 Å². The molecule has 0 aliphatic rings. The fraction of sp³-hybridized carbons (Fsp3) is 0.294. The van der Waals surface area contributed by atoms with E-state index >= 15 is 0 Å². The van der Waals surface area contributed by atoms with E-state index in [2.05, 4.69) is 54.9 Å². The summed E-state index contributed by atoms with van der Waals surface area (Å²) in [5.41, 5.74) is 5.92. The Bertz CT molecular complexity index is 614. The molecule has 1 nitrogen and oxygen atoms in total. The maximum atomic E-state index is 6.12. The highest BCUT2D eigenvalue weighted by Crippen LogP contribution is 2.37. The fourth-order valence-electron chi connectivity index (χ4n) is 2.52. The molecule has 2 aromatic rings. The summed E-state index contributed by atoms with van der Waals surface area (Å²) < 4.78 is 5.42. The topological polar surface area (TPSA) is 9.23 Å². The SMILES string of the molecule is COc1c(C)cc(C(Br)c2cc(Cl)ccc2C)cc1C. The molecule has 3 heteroatoms. The summed E-state index contributed by atoms with van der Waals surface area (Å²) in [5.74, 6) is 0.955. The minimum absolute atomic E-state index is 0.129. The summed E-state index contributed by atoms with van der Waals surface area (Å²) in [7, 11) is 1.71. The highest BCUT2D eigenvalue weighted by atomic mass is 79.9. The molecule has 2 rings (SSSR count). The van der Waals surface area contributed by atoms with E-state index in [1.54, 1.807) is 7.11 Å². The number of rotatable bonds is 3. The van der Waals surface area contributed by atoms with Gasteiger partial charge in [-0.1, -0.05) is 45.7 Å². The molecule has 0 bridgehead atoms. The first kappa shape index (κ1) is 15.4. The zero-order valence-electron chi connectivity index (χ0n) is 12.1. The van der Waals surface area contributed by atoms with Crippen molar-refractivity contribution in [1.29, 1.82) is 0 Å². The van der Waals surface area contributed by atoms with Gasteiger partial charge >= 0.3 is 0 Å². The van der Waals surface area contributed by atoms with Crippen molar-refractivity contribution in [2.45, 2.75) is 25.6 Å². The number of halogens is 2. The number of benzene rings is 2. The van der Waals surface area contributed by atoms with Crippen molar-refractivity contribution in [3.8, 4) is 5.75 Å². The van der Waals surface area contributed by atoms with Gasteiger partial charge in [0.25, 0.3) is 0 Å². The Hall–Kier alpha value is -0.990. The Labute approximate surface area is 134 Å². The van der Waals surface area contributed by atoms with Gasteiger partial charge in [-0.05, 0) is 60.7 Å². The minimum Gasteiger partial charge on any atom is -0.496 e. The lowest BCUT2D eigenvalue weighted by Crippen LogP contribution is -1.99. The number of aryl methyl sites for hydroxylation is 3. The lowest BCUT2D eigenvalue weighted by atomic mass is 9.97. The Kier molecular flexibility index (Phi) is 4.77. The van der Waals surface area contributed by atoms with Gasteiger partial charge in [0.05, 0.1) is 11.9 Å². The van der Waals surface area contributed by atoms with Crippen LogP contribution in [0.15, 0.2) is 30.3 Å². The summed E-state index contributed by atoms with van der Waals surface area (Å²) in [6.07, 6.45) is 0. The van der Waals surface area contributed by atoms with Crippen LogP contribution in [0.2, 0.25) is 5.02 Å². The Morgan fingerprint density at radius 1 is 1.00 bits per heavy atom. The molecule has 0 saturated carbocycles. The first-order chi connectivity index (χ1) is 9.43. The number of alkyl halides is 1. The van der Waals surface area contributed by atoms with Crippen molar-refractivity contribution in [2.24, 2.45) is 0 Å². The molecule has 0 N–H and O–H groups in total. The van der Waals surface area contributed by atoms with Crippen LogP contribution in [0.25, 0.3) is 0 Å². The third-order valence-corrected chi connectivity index (χ3v) is 4.75. The Morgan fingerprint density at radius 2 is 1.60 bits per heavy atom. The van der Waals surface area contributed by atoms with Crippen molar-refractivity contribution in [2.75, 3.05) is 7.11 Å². The second-order valence-corrected chi connectivity index (χ2v) is 6.40. The molecule has 0 aliphatic heterocycles. The average molecular weight is 354 g/mol. The number of hydrogen-bond donors (Lipinski definition) is 0. The van der Waals surface area contributed by atoms with Crippen LogP contribution in [0.3, 0.4) is 0 Å². The van der Waals surface area contributed by atoms with Gasteiger partial charge < -0.3 is 4.74 Å². The average Bonchev–Trinajstić information content (AvgIpc) is 2.40. The van der Waals surface area contributed by atoms with E-state index in [1.165, 1.54) is 16.7 Å². The third-order valence-electron chi connectivity index (χ3n) is 3.49. The molecule has 1 unspecified atom stereocenters. The normalized spacial score (nSPS) is 12.3. The third kappa shape index (κ3) is 3.02. The van der Waals surface area contributed by atoms with E-state index in [1.807, 2.05) is 12.1 Å². The van der Waals surface area contributed by atoms with Gasteiger partial charge in [-0.25, -0.2) is 0 Å². The van der Waals surface area contributed by atoms with Gasteiger partial charge in [0, 0.05) is 5.02 Å². The molecular formula is C17H18BrClO. The molecule has 0 spiro atoms. The van der Waals surface area contributed by atoms with Gasteiger partial charge in [-0.15, -0.1) is 0 Å². The zero-order chi connectivity index (χ0) is 14.9.